The minimum atomic E-state index is -0.0604. The fraction of sp³-hybridized carbons (Fsp3) is 0.375. The summed E-state index contributed by atoms with van der Waals surface area (Å²) in [6, 6.07) is 8.23. The molecule has 0 aliphatic heterocycles. The molecule has 0 spiro atoms. The Kier molecular flexibility index (Phi) is 5.11. The molecule has 21 heavy (non-hydrogen) atoms. The van der Waals surface area contributed by atoms with E-state index in [2.05, 4.69) is 40.5 Å². The predicted octanol–water partition coefficient (Wildman–Crippen LogP) is 3.17. The van der Waals surface area contributed by atoms with Gasteiger partial charge in [0.25, 0.3) is 0 Å². The second kappa shape index (κ2) is 7.04. The summed E-state index contributed by atoms with van der Waals surface area (Å²) >= 11 is 0. The van der Waals surface area contributed by atoms with Crippen LogP contribution < -0.4 is 10.6 Å². The predicted molar refractivity (Wildman–Crippen MR) is 83.9 cm³/mol. The number of amides is 1. The van der Waals surface area contributed by atoms with E-state index in [1.54, 1.807) is 6.20 Å². The molecule has 0 radical (unpaired) electrons. The van der Waals surface area contributed by atoms with Crippen LogP contribution in [0.5, 0.6) is 0 Å². The van der Waals surface area contributed by atoms with Gasteiger partial charge in [0.15, 0.2) is 0 Å². The molecule has 0 saturated carbocycles. The van der Waals surface area contributed by atoms with Crippen LogP contribution in [0.1, 0.15) is 50.7 Å². The molecular formula is C16H22N4O. The fourth-order valence-corrected chi connectivity index (χ4v) is 2.35. The van der Waals surface area contributed by atoms with Crippen LogP contribution in [0.15, 0.2) is 36.7 Å². The van der Waals surface area contributed by atoms with Crippen LogP contribution >= 0.6 is 0 Å². The molecular weight excluding hydrogens is 264 g/mol. The van der Waals surface area contributed by atoms with Gasteiger partial charge in [-0.1, -0.05) is 19.1 Å². The Hall–Kier alpha value is -2.14. The summed E-state index contributed by atoms with van der Waals surface area (Å²) in [6.45, 7) is 5.75. The SMILES string of the molecule is CCC(NC(C)c1cccc(NC(C)=O)c1)c1ncc[nH]1. The number of anilines is 1. The Morgan fingerprint density at radius 1 is 1.43 bits per heavy atom. The van der Waals surface area contributed by atoms with Crippen molar-refractivity contribution in [2.24, 2.45) is 0 Å². The average molecular weight is 286 g/mol. The molecule has 5 nitrogen and oxygen atoms in total. The first kappa shape index (κ1) is 15.3. The number of rotatable bonds is 6. The molecule has 2 aromatic rings. The standard InChI is InChI=1S/C16H22N4O/c1-4-15(16-17-8-9-18-16)19-11(2)13-6-5-7-14(10-13)20-12(3)21/h5-11,15,19H,4H2,1-3H3,(H,17,18)(H,20,21). The number of hydrogen-bond donors (Lipinski definition) is 3. The molecule has 1 aromatic carbocycles. The van der Waals surface area contributed by atoms with E-state index in [4.69, 9.17) is 0 Å². The summed E-state index contributed by atoms with van der Waals surface area (Å²) in [7, 11) is 0. The van der Waals surface area contributed by atoms with E-state index in [9.17, 15) is 4.79 Å². The Bertz CT molecular complexity index is 580. The molecule has 3 N–H and O–H groups in total. The van der Waals surface area contributed by atoms with Gasteiger partial charge in [-0.05, 0) is 31.0 Å². The van der Waals surface area contributed by atoms with Gasteiger partial charge in [-0.2, -0.15) is 0 Å². The molecule has 0 aliphatic rings. The minimum absolute atomic E-state index is 0.0604. The second-order valence-electron chi connectivity index (χ2n) is 5.13. The van der Waals surface area contributed by atoms with Crippen LogP contribution in [-0.4, -0.2) is 15.9 Å². The fourth-order valence-electron chi connectivity index (χ4n) is 2.35. The number of aromatic amines is 1. The third-order valence-corrected chi connectivity index (χ3v) is 3.42. The van der Waals surface area contributed by atoms with Gasteiger partial charge in [0.05, 0.1) is 6.04 Å². The highest BCUT2D eigenvalue weighted by Crippen LogP contribution is 2.22. The van der Waals surface area contributed by atoms with Crippen LogP contribution in [0.4, 0.5) is 5.69 Å². The molecule has 112 valence electrons. The van der Waals surface area contributed by atoms with Crippen LogP contribution in [0.25, 0.3) is 0 Å². The van der Waals surface area contributed by atoms with Crippen molar-refractivity contribution in [3.05, 3.63) is 48.0 Å². The van der Waals surface area contributed by atoms with Gasteiger partial charge in [-0.25, -0.2) is 4.98 Å². The lowest BCUT2D eigenvalue weighted by Crippen LogP contribution is -2.25. The second-order valence-corrected chi connectivity index (χ2v) is 5.13. The van der Waals surface area contributed by atoms with Crippen LogP contribution in [0.3, 0.4) is 0 Å². The summed E-state index contributed by atoms with van der Waals surface area (Å²) in [4.78, 5) is 18.6. The molecule has 0 fully saturated rings. The van der Waals surface area contributed by atoms with Gasteiger partial charge < -0.3 is 15.6 Å². The van der Waals surface area contributed by atoms with E-state index in [-0.39, 0.29) is 18.0 Å². The van der Waals surface area contributed by atoms with E-state index >= 15 is 0 Å². The minimum Gasteiger partial charge on any atom is -0.347 e. The smallest absolute Gasteiger partial charge is 0.221 e. The van der Waals surface area contributed by atoms with E-state index in [0.29, 0.717) is 0 Å². The molecule has 1 amide bonds. The Balaban J connectivity index is 2.08. The van der Waals surface area contributed by atoms with Gasteiger partial charge in [-0.15, -0.1) is 0 Å². The zero-order valence-corrected chi connectivity index (χ0v) is 12.7. The van der Waals surface area contributed by atoms with Gasteiger partial charge in [-0.3, -0.25) is 4.79 Å². The van der Waals surface area contributed by atoms with E-state index in [1.807, 2.05) is 24.4 Å². The quantitative estimate of drug-likeness (QED) is 0.764. The number of hydrogen-bond acceptors (Lipinski definition) is 3. The number of nitrogens with zero attached hydrogens (tertiary/aromatic N) is 1. The van der Waals surface area contributed by atoms with Crippen LogP contribution in [-0.2, 0) is 4.79 Å². The van der Waals surface area contributed by atoms with Crippen LogP contribution in [0.2, 0.25) is 0 Å². The molecule has 0 bridgehead atoms. The van der Waals surface area contributed by atoms with Gasteiger partial charge in [0.1, 0.15) is 5.82 Å². The molecule has 2 unspecified atom stereocenters. The normalized spacial score (nSPS) is 13.7. The highest BCUT2D eigenvalue weighted by atomic mass is 16.1. The third-order valence-electron chi connectivity index (χ3n) is 3.42. The summed E-state index contributed by atoms with van der Waals surface area (Å²) in [5.74, 6) is 0.886. The van der Waals surface area contributed by atoms with Crippen molar-refractivity contribution in [1.82, 2.24) is 15.3 Å². The van der Waals surface area contributed by atoms with Crippen molar-refractivity contribution in [2.45, 2.75) is 39.3 Å². The number of H-pyrrole nitrogens is 1. The van der Waals surface area contributed by atoms with Crippen molar-refractivity contribution >= 4 is 11.6 Å². The van der Waals surface area contributed by atoms with Crippen molar-refractivity contribution in [3.63, 3.8) is 0 Å². The number of nitrogens with one attached hydrogen (secondary N) is 3. The van der Waals surface area contributed by atoms with Crippen molar-refractivity contribution in [3.8, 4) is 0 Å². The Labute approximate surface area is 125 Å². The Morgan fingerprint density at radius 2 is 2.24 bits per heavy atom. The van der Waals surface area contributed by atoms with E-state index in [1.165, 1.54) is 6.92 Å². The zero-order chi connectivity index (χ0) is 15.2. The summed E-state index contributed by atoms with van der Waals surface area (Å²) in [5, 5.41) is 6.37. The lowest BCUT2D eigenvalue weighted by atomic mass is 10.1. The molecule has 1 heterocycles. The van der Waals surface area contributed by atoms with E-state index in [0.717, 1.165) is 23.5 Å². The van der Waals surface area contributed by atoms with Gasteiger partial charge in [0.2, 0.25) is 5.91 Å². The van der Waals surface area contributed by atoms with E-state index < -0.39 is 0 Å². The van der Waals surface area contributed by atoms with Crippen LogP contribution in [0, 0.1) is 0 Å². The van der Waals surface area contributed by atoms with Crippen molar-refractivity contribution in [1.29, 1.82) is 0 Å². The molecule has 0 aliphatic carbocycles. The maximum atomic E-state index is 11.1. The highest BCUT2D eigenvalue weighted by Gasteiger charge is 2.15. The average Bonchev–Trinajstić information content (AvgIpc) is 2.98. The lowest BCUT2D eigenvalue weighted by molar-refractivity contribution is -0.114. The molecule has 0 saturated heterocycles. The largest absolute Gasteiger partial charge is 0.347 e. The third kappa shape index (κ3) is 4.16. The first-order valence-electron chi connectivity index (χ1n) is 7.23. The first-order valence-corrected chi connectivity index (χ1v) is 7.23. The maximum Gasteiger partial charge on any atom is 0.221 e. The monoisotopic (exact) mass is 286 g/mol. The topological polar surface area (TPSA) is 69.8 Å². The van der Waals surface area contributed by atoms with Gasteiger partial charge >= 0.3 is 0 Å². The number of imidazole rings is 1. The molecule has 2 atom stereocenters. The van der Waals surface area contributed by atoms with Crippen molar-refractivity contribution < 1.29 is 4.79 Å². The number of carbonyl (C=O) groups excluding carboxylic acids is 1. The number of carbonyl (C=O) groups is 1. The van der Waals surface area contributed by atoms with Gasteiger partial charge in [0, 0.05) is 31.0 Å². The summed E-state index contributed by atoms with van der Waals surface area (Å²) in [5.41, 5.74) is 1.95. The molecule has 1 aromatic heterocycles. The maximum absolute atomic E-state index is 11.1. The van der Waals surface area contributed by atoms with Crippen molar-refractivity contribution in [2.75, 3.05) is 5.32 Å². The lowest BCUT2D eigenvalue weighted by Gasteiger charge is -2.21. The zero-order valence-electron chi connectivity index (χ0n) is 12.7. The first-order chi connectivity index (χ1) is 10.1. The molecule has 5 heteroatoms. The Morgan fingerprint density at radius 3 is 2.86 bits per heavy atom. The number of benzene rings is 1. The highest BCUT2D eigenvalue weighted by molar-refractivity contribution is 5.88. The number of aromatic nitrogens is 2. The summed E-state index contributed by atoms with van der Waals surface area (Å²) in [6.07, 6.45) is 4.55. The summed E-state index contributed by atoms with van der Waals surface area (Å²) < 4.78 is 0. The molecule has 2 rings (SSSR count).